The summed E-state index contributed by atoms with van der Waals surface area (Å²) >= 11 is 0. The first-order valence-corrected chi connectivity index (χ1v) is 8.11. The molecular formula is C18H20F3NO3. The lowest BCUT2D eigenvalue weighted by molar-refractivity contribution is -0.236. The Hall–Kier alpha value is -2.02. The number of hydrogen-bond donors (Lipinski definition) is 0. The van der Waals surface area contributed by atoms with Crippen LogP contribution >= 0.6 is 0 Å². The van der Waals surface area contributed by atoms with Gasteiger partial charge in [0.1, 0.15) is 5.58 Å². The number of amides is 1. The minimum atomic E-state index is -4.47. The molecule has 1 atom stereocenters. The molecule has 25 heavy (non-hydrogen) atoms. The molecule has 0 radical (unpaired) electrons. The molecule has 0 N–H and O–H groups in total. The van der Waals surface area contributed by atoms with Crippen molar-refractivity contribution >= 4 is 16.9 Å². The second-order valence-corrected chi connectivity index (χ2v) is 6.52. The Morgan fingerprint density at radius 3 is 2.68 bits per heavy atom. The van der Waals surface area contributed by atoms with Gasteiger partial charge in [-0.05, 0) is 37.5 Å². The number of aryl methyl sites for hydroxylation is 3. The highest BCUT2D eigenvalue weighted by Crippen LogP contribution is 2.31. The van der Waals surface area contributed by atoms with E-state index in [9.17, 15) is 18.0 Å². The summed E-state index contributed by atoms with van der Waals surface area (Å²) in [5.74, 6) is -0.349. The number of fused-ring (bicyclic) bond motifs is 1. The van der Waals surface area contributed by atoms with Crippen LogP contribution in [-0.4, -0.2) is 42.8 Å². The summed E-state index contributed by atoms with van der Waals surface area (Å²) in [5.41, 5.74) is 4.53. The second kappa shape index (κ2) is 6.37. The number of carbonyl (C=O) groups excluding carboxylic acids is 1. The van der Waals surface area contributed by atoms with E-state index in [1.165, 1.54) is 11.2 Å². The lowest BCUT2D eigenvalue weighted by Gasteiger charge is -2.33. The molecule has 3 rings (SSSR count). The fourth-order valence-corrected chi connectivity index (χ4v) is 3.26. The van der Waals surface area contributed by atoms with Gasteiger partial charge in [0.2, 0.25) is 5.91 Å². The molecule has 0 spiro atoms. The van der Waals surface area contributed by atoms with E-state index in [1.54, 1.807) is 0 Å². The van der Waals surface area contributed by atoms with Crippen LogP contribution in [0.25, 0.3) is 11.0 Å². The largest absolute Gasteiger partial charge is 0.464 e. The molecule has 0 bridgehead atoms. The number of ether oxygens (including phenoxy) is 1. The maximum absolute atomic E-state index is 12.8. The summed E-state index contributed by atoms with van der Waals surface area (Å²) in [5, 5.41) is 0.872. The van der Waals surface area contributed by atoms with Crippen molar-refractivity contribution in [3.63, 3.8) is 0 Å². The van der Waals surface area contributed by atoms with Gasteiger partial charge in [0.15, 0.2) is 6.10 Å². The van der Waals surface area contributed by atoms with Crippen molar-refractivity contribution < 1.29 is 27.1 Å². The fraction of sp³-hybridized carbons (Fsp3) is 0.500. The molecule has 0 aliphatic carbocycles. The van der Waals surface area contributed by atoms with Gasteiger partial charge in [0.25, 0.3) is 0 Å². The summed E-state index contributed by atoms with van der Waals surface area (Å²) in [4.78, 5) is 13.7. The zero-order valence-corrected chi connectivity index (χ0v) is 14.4. The minimum absolute atomic E-state index is 0.0148. The van der Waals surface area contributed by atoms with E-state index in [4.69, 9.17) is 9.15 Å². The van der Waals surface area contributed by atoms with Crippen LogP contribution in [0.3, 0.4) is 0 Å². The lowest BCUT2D eigenvalue weighted by Crippen LogP contribution is -2.51. The fourth-order valence-electron chi connectivity index (χ4n) is 3.26. The molecule has 1 fully saturated rings. The molecule has 0 unspecified atom stereocenters. The molecule has 2 heterocycles. The number of rotatable bonds is 2. The van der Waals surface area contributed by atoms with Gasteiger partial charge in [0, 0.05) is 17.5 Å². The molecule has 136 valence electrons. The number of benzene rings is 1. The van der Waals surface area contributed by atoms with Gasteiger partial charge in [-0.15, -0.1) is 0 Å². The minimum Gasteiger partial charge on any atom is -0.464 e. The summed E-state index contributed by atoms with van der Waals surface area (Å²) in [6, 6.07) is 2.02. The molecule has 4 nitrogen and oxygen atoms in total. The first-order chi connectivity index (χ1) is 11.7. The van der Waals surface area contributed by atoms with Crippen LogP contribution in [-0.2, 0) is 16.0 Å². The number of furan rings is 1. The van der Waals surface area contributed by atoms with Gasteiger partial charge in [-0.3, -0.25) is 4.79 Å². The Labute approximate surface area is 143 Å². The standard InChI is InChI=1S/C18H20F3NO3/c1-10-6-11(2)16-13(9-25-17(16)12(10)3)7-15(23)22-4-5-24-14(8-22)18(19,20)21/h6,9,14H,4-5,7-8H2,1-3H3/t14-/m0/s1. The van der Waals surface area contributed by atoms with Crippen LogP contribution in [0.5, 0.6) is 0 Å². The van der Waals surface area contributed by atoms with Gasteiger partial charge in [-0.1, -0.05) is 6.07 Å². The Kier molecular flexibility index (Phi) is 4.53. The Morgan fingerprint density at radius 2 is 2.00 bits per heavy atom. The van der Waals surface area contributed by atoms with Crippen LogP contribution in [0.15, 0.2) is 16.7 Å². The molecular weight excluding hydrogens is 335 g/mol. The van der Waals surface area contributed by atoms with Crippen molar-refractivity contribution in [2.45, 2.75) is 39.5 Å². The zero-order chi connectivity index (χ0) is 18.4. The molecule has 1 aromatic carbocycles. The van der Waals surface area contributed by atoms with Gasteiger partial charge in [0.05, 0.1) is 25.8 Å². The van der Waals surface area contributed by atoms with Crippen molar-refractivity contribution in [3.8, 4) is 0 Å². The van der Waals surface area contributed by atoms with Gasteiger partial charge < -0.3 is 14.1 Å². The molecule has 1 aromatic heterocycles. The molecule has 1 saturated heterocycles. The average Bonchev–Trinajstić information content (AvgIpc) is 2.96. The third-order valence-corrected chi connectivity index (χ3v) is 4.75. The predicted molar refractivity (Wildman–Crippen MR) is 86.5 cm³/mol. The van der Waals surface area contributed by atoms with Crippen molar-refractivity contribution in [2.75, 3.05) is 19.7 Å². The molecule has 2 aromatic rings. The highest BCUT2D eigenvalue weighted by Gasteiger charge is 2.44. The van der Waals surface area contributed by atoms with Crippen molar-refractivity contribution in [1.29, 1.82) is 0 Å². The first kappa shape index (κ1) is 17.8. The second-order valence-electron chi connectivity index (χ2n) is 6.52. The SMILES string of the molecule is Cc1cc(C)c2c(CC(=O)N3CCO[C@H](C(F)(F)F)C3)coc2c1C. The normalized spacial score (nSPS) is 18.8. The monoisotopic (exact) mass is 355 g/mol. The van der Waals surface area contributed by atoms with Gasteiger partial charge in [-0.25, -0.2) is 0 Å². The highest BCUT2D eigenvalue weighted by molar-refractivity contribution is 5.92. The van der Waals surface area contributed by atoms with Crippen LogP contribution in [0.1, 0.15) is 22.3 Å². The summed E-state index contributed by atoms with van der Waals surface area (Å²) in [7, 11) is 0. The number of hydrogen-bond acceptors (Lipinski definition) is 3. The number of morpholine rings is 1. The highest BCUT2D eigenvalue weighted by atomic mass is 19.4. The molecule has 0 saturated carbocycles. The van der Waals surface area contributed by atoms with E-state index in [-0.39, 0.29) is 25.5 Å². The maximum Gasteiger partial charge on any atom is 0.416 e. The summed E-state index contributed by atoms with van der Waals surface area (Å²) in [6.45, 7) is 5.46. The third kappa shape index (κ3) is 3.38. The number of nitrogens with zero attached hydrogens (tertiary/aromatic N) is 1. The lowest BCUT2D eigenvalue weighted by atomic mass is 9.98. The maximum atomic E-state index is 12.8. The first-order valence-electron chi connectivity index (χ1n) is 8.11. The molecule has 1 aliphatic heterocycles. The zero-order valence-electron chi connectivity index (χ0n) is 14.4. The Balaban J connectivity index is 1.82. The van der Waals surface area contributed by atoms with E-state index in [0.717, 1.165) is 27.7 Å². The van der Waals surface area contributed by atoms with Crippen LogP contribution in [0, 0.1) is 20.8 Å². The molecule has 7 heteroatoms. The van der Waals surface area contributed by atoms with Crippen LogP contribution in [0.4, 0.5) is 13.2 Å². The topological polar surface area (TPSA) is 42.7 Å². The number of carbonyl (C=O) groups is 1. The van der Waals surface area contributed by atoms with Crippen molar-refractivity contribution in [2.24, 2.45) is 0 Å². The third-order valence-electron chi connectivity index (χ3n) is 4.75. The summed E-state index contributed by atoms with van der Waals surface area (Å²) < 4.78 is 48.8. The average molecular weight is 355 g/mol. The van der Waals surface area contributed by atoms with Crippen molar-refractivity contribution in [1.82, 2.24) is 4.90 Å². The smallest absolute Gasteiger partial charge is 0.416 e. The Morgan fingerprint density at radius 1 is 1.28 bits per heavy atom. The van der Waals surface area contributed by atoms with E-state index in [1.807, 2.05) is 26.8 Å². The molecule has 1 aliphatic rings. The quantitative estimate of drug-likeness (QED) is 0.825. The van der Waals surface area contributed by atoms with E-state index < -0.39 is 18.8 Å². The van der Waals surface area contributed by atoms with E-state index >= 15 is 0 Å². The molecule has 1 amide bonds. The Bertz CT molecular complexity index is 810. The summed E-state index contributed by atoms with van der Waals surface area (Å²) in [6.07, 6.45) is -4.84. The van der Waals surface area contributed by atoms with Crippen LogP contribution in [0.2, 0.25) is 0 Å². The van der Waals surface area contributed by atoms with Gasteiger partial charge >= 0.3 is 6.18 Å². The predicted octanol–water partition coefficient (Wildman–Crippen LogP) is 3.69. The van der Waals surface area contributed by atoms with Crippen LogP contribution < -0.4 is 0 Å². The van der Waals surface area contributed by atoms with Crippen molar-refractivity contribution in [3.05, 3.63) is 34.6 Å². The van der Waals surface area contributed by atoms with E-state index in [0.29, 0.717) is 5.56 Å². The number of alkyl halides is 3. The number of halogens is 3. The van der Waals surface area contributed by atoms with E-state index in [2.05, 4.69) is 0 Å². The van der Waals surface area contributed by atoms with Gasteiger partial charge in [-0.2, -0.15) is 13.2 Å².